The standard InChI is InChI=1S/C19H29N3O2/c1-14(2)13-17(20)18(23)21-16-9-7-15(8-10-16)19(24)22-11-5-3-4-6-12-22/h7-10,14,17H,3-6,11-13,20H2,1-2H3,(H,21,23)/t17-/m0/s1. The molecular weight excluding hydrogens is 302 g/mol. The maximum Gasteiger partial charge on any atom is 0.253 e. The SMILES string of the molecule is CC(C)C[C@H](N)C(=O)Nc1ccc(C(=O)N2CCCCCC2)cc1. The summed E-state index contributed by atoms with van der Waals surface area (Å²) in [6.45, 7) is 5.75. The lowest BCUT2D eigenvalue weighted by molar-refractivity contribution is -0.117. The Labute approximate surface area is 144 Å². The van der Waals surface area contributed by atoms with Gasteiger partial charge in [0.25, 0.3) is 5.91 Å². The van der Waals surface area contributed by atoms with Crippen LogP contribution in [-0.4, -0.2) is 35.8 Å². The first kappa shape index (κ1) is 18.5. The van der Waals surface area contributed by atoms with E-state index in [0.717, 1.165) is 25.9 Å². The number of likely N-dealkylation sites (tertiary alicyclic amines) is 1. The number of rotatable bonds is 5. The molecule has 0 spiro atoms. The Morgan fingerprint density at radius 1 is 1.08 bits per heavy atom. The van der Waals surface area contributed by atoms with E-state index in [1.54, 1.807) is 24.3 Å². The Kier molecular flexibility index (Phi) is 6.79. The molecule has 0 aliphatic carbocycles. The van der Waals surface area contributed by atoms with Gasteiger partial charge in [-0.2, -0.15) is 0 Å². The van der Waals surface area contributed by atoms with Crippen LogP contribution < -0.4 is 11.1 Å². The predicted molar refractivity (Wildman–Crippen MR) is 96.9 cm³/mol. The molecule has 132 valence electrons. The zero-order valence-corrected chi connectivity index (χ0v) is 14.8. The van der Waals surface area contributed by atoms with Gasteiger partial charge >= 0.3 is 0 Å². The highest BCUT2D eigenvalue weighted by Gasteiger charge is 2.18. The number of hydrogen-bond donors (Lipinski definition) is 2. The topological polar surface area (TPSA) is 75.4 Å². The molecule has 24 heavy (non-hydrogen) atoms. The van der Waals surface area contributed by atoms with Crippen LogP contribution in [0.25, 0.3) is 0 Å². The molecular formula is C19H29N3O2. The molecule has 1 atom stereocenters. The number of anilines is 1. The highest BCUT2D eigenvalue weighted by atomic mass is 16.2. The van der Waals surface area contributed by atoms with E-state index in [1.807, 2.05) is 18.7 Å². The fourth-order valence-corrected chi connectivity index (χ4v) is 3.00. The molecule has 0 radical (unpaired) electrons. The van der Waals surface area contributed by atoms with Crippen LogP contribution in [0.5, 0.6) is 0 Å². The van der Waals surface area contributed by atoms with E-state index in [9.17, 15) is 9.59 Å². The van der Waals surface area contributed by atoms with Gasteiger partial charge < -0.3 is 16.0 Å². The minimum absolute atomic E-state index is 0.0753. The van der Waals surface area contributed by atoms with E-state index in [1.165, 1.54) is 12.8 Å². The van der Waals surface area contributed by atoms with Gasteiger partial charge in [-0.3, -0.25) is 9.59 Å². The number of carbonyl (C=O) groups is 2. The van der Waals surface area contributed by atoms with Crippen molar-refractivity contribution in [2.24, 2.45) is 11.7 Å². The molecule has 0 bridgehead atoms. The van der Waals surface area contributed by atoms with E-state index < -0.39 is 6.04 Å². The number of amides is 2. The first-order valence-corrected chi connectivity index (χ1v) is 8.93. The number of hydrogen-bond acceptors (Lipinski definition) is 3. The summed E-state index contributed by atoms with van der Waals surface area (Å²) in [7, 11) is 0. The molecule has 5 nitrogen and oxygen atoms in total. The van der Waals surface area contributed by atoms with Crippen molar-refractivity contribution < 1.29 is 9.59 Å². The average molecular weight is 331 g/mol. The minimum atomic E-state index is -0.511. The third kappa shape index (κ3) is 5.34. The second-order valence-electron chi connectivity index (χ2n) is 7.01. The lowest BCUT2D eigenvalue weighted by atomic mass is 10.0. The Morgan fingerprint density at radius 2 is 1.67 bits per heavy atom. The maximum atomic E-state index is 12.5. The molecule has 1 saturated heterocycles. The zero-order chi connectivity index (χ0) is 17.5. The van der Waals surface area contributed by atoms with Gasteiger partial charge in [0.1, 0.15) is 0 Å². The Balaban J connectivity index is 1.94. The molecule has 1 aliphatic rings. The Morgan fingerprint density at radius 3 is 2.21 bits per heavy atom. The van der Waals surface area contributed by atoms with Gasteiger partial charge in [-0.1, -0.05) is 26.7 Å². The van der Waals surface area contributed by atoms with Crippen LogP contribution in [0.4, 0.5) is 5.69 Å². The number of nitrogens with zero attached hydrogens (tertiary/aromatic N) is 1. The normalized spacial score (nSPS) is 16.6. The van der Waals surface area contributed by atoms with Crippen LogP contribution >= 0.6 is 0 Å². The monoisotopic (exact) mass is 331 g/mol. The van der Waals surface area contributed by atoms with Gasteiger partial charge in [0.05, 0.1) is 6.04 Å². The first-order chi connectivity index (χ1) is 11.5. The van der Waals surface area contributed by atoms with E-state index in [-0.39, 0.29) is 11.8 Å². The molecule has 0 saturated carbocycles. The molecule has 1 aromatic carbocycles. The van der Waals surface area contributed by atoms with Gasteiger partial charge in [-0.05, 0) is 49.4 Å². The number of nitrogens with two attached hydrogens (primary N) is 1. The van der Waals surface area contributed by atoms with Crippen molar-refractivity contribution in [3.8, 4) is 0 Å². The summed E-state index contributed by atoms with van der Waals surface area (Å²) in [5.41, 5.74) is 7.22. The van der Waals surface area contributed by atoms with Gasteiger partial charge in [0.15, 0.2) is 0 Å². The van der Waals surface area contributed by atoms with Crippen molar-refractivity contribution >= 4 is 17.5 Å². The summed E-state index contributed by atoms with van der Waals surface area (Å²) in [6, 6.07) is 6.58. The van der Waals surface area contributed by atoms with Crippen molar-refractivity contribution in [3.05, 3.63) is 29.8 Å². The fourth-order valence-electron chi connectivity index (χ4n) is 3.00. The van der Waals surface area contributed by atoms with E-state index in [4.69, 9.17) is 5.73 Å². The first-order valence-electron chi connectivity index (χ1n) is 8.93. The molecule has 5 heteroatoms. The summed E-state index contributed by atoms with van der Waals surface area (Å²) in [6.07, 6.45) is 5.20. The highest BCUT2D eigenvalue weighted by molar-refractivity contribution is 5.97. The summed E-state index contributed by atoms with van der Waals surface area (Å²) < 4.78 is 0. The van der Waals surface area contributed by atoms with Gasteiger partial charge in [-0.25, -0.2) is 0 Å². The summed E-state index contributed by atoms with van der Waals surface area (Å²) in [4.78, 5) is 26.5. The lowest BCUT2D eigenvalue weighted by Crippen LogP contribution is -2.36. The second-order valence-corrected chi connectivity index (χ2v) is 7.01. The molecule has 2 rings (SSSR count). The molecule has 1 aromatic rings. The zero-order valence-electron chi connectivity index (χ0n) is 14.8. The fraction of sp³-hybridized carbons (Fsp3) is 0.579. The Hall–Kier alpha value is -1.88. The summed E-state index contributed by atoms with van der Waals surface area (Å²) in [5.74, 6) is 0.265. The van der Waals surface area contributed by atoms with Crippen molar-refractivity contribution in [3.63, 3.8) is 0 Å². The quantitative estimate of drug-likeness (QED) is 0.871. The van der Waals surface area contributed by atoms with Crippen LogP contribution in [0.15, 0.2) is 24.3 Å². The van der Waals surface area contributed by atoms with Crippen LogP contribution in [0.3, 0.4) is 0 Å². The Bertz CT molecular complexity index is 546. The minimum Gasteiger partial charge on any atom is -0.339 e. The molecule has 0 aromatic heterocycles. The molecule has 0 unspecified atom stereocenters. The van der Waals surface area contributed by atoms with Crippen molar-refractivity contribution in [1.82, 2.24) is 4.90 Å². The molecule has 1 heterocycles. The van der Waals surface area contributed by atoms with E-state index in [2.05, 4.69) is 5.32 Å². The van der Waals surface area contributed by atoms with Crippen molar-refractivity contribution in [2.45, 2.75) is 52.0 Å². The molecule has 1 fully saturated rings. The van der Waals surface area contributed by atoms with Crippen LogP contribution in [0.1, 0.15) is 56.3 Å². The lowest BCUT2D eigenvalue weighted by Gasteiger charge is -2.20. The number of nitrogens with one attached hydrogen (secondary N) is 1. The van der Waals surface area contributed by atoms with Gasteiger partial charge in [0, 0.05) is 24.3 Å². The van der Waals surface area contributed by atoms with E-state index in [0.29, 0.717) is 23.6 Å². The smallest absolute Gasteiger partial charge is 0.253 e. The average Bonchev–Trinajstić information content (AvgIpc) is 2.83. The largest absolute Gasteiger partial charge is 0.339 e. The van der Waals surface area contributed by atoms with Crippen LogP contribution in [-0.2, 0) is 4.79 Å². The second kappa shape index (κ2) is 8.83. The number of carbonyl (C=O) groups excluding carboxylic acids is 2. The number of benzene rings is 1. The van der Waals surface area contributed by atoms with E-state index >= 15 is 0 Å². The van der Waals surface area contributed by atoms with Crippen molar-refractivity contribution in [1.29, 1.82) is 0 Å². The highest BCUT2D eigenvalue weighted by Crippen LogP contribution is 2.16. The summed E-state index contributed by atoms with van der Waals surface area (Å²) in [5, 5.41) is 2.81. The summed E-state index contributed by atoms with van der Waals surface area (Å²) >= 11 is 0. The molecule has 1 aliphatic heterocycles. The molecule has 2 amide bonds. The van der Waals surface area contributed by atoms with Gasteiger partial charge in [-0.15, -0.1) is 0 Å². The van der Waals surface area contributed by atoms with Gasteiger partial charge in [0.2, 0.25) is 5.91 Å². The van der Waals surface area contributed by atoms with Crippen molar-refractivity contribution in [2.75, 3.05) is 18.4 Å². The van der Waals surface area contributed by atoms with Crippen LogP contribution in [0.2, 0.25) is 0 Å². The predicted octanol–water partition coefficient (Wildman–Crippen LogP) is 3.01. The maximum absolute atomic E-state index is 12.5. The van der Waals surface area contributed by atoms with Crippen LogP contribution in [0, 0.1) is 5.92 Å². The third-order valence-electron chi connectivity index (χ3n) is 4.35. The third-order valence-corrected chi connectivity index (χ3v) is 4.35. The molecule has 3 N–H and O–H groups in total.